The van der Waals surface area contributed by atoms with Crippen molar-refractivity contribution in [1.29, 1.82) is 0 Å². The molecule has 0 saturated heterocycles. The summed E-state index contributed by atoms with van der Waals surface area (Å²) in [5.74, 6) is 0. The Morgan fingerprint density at radius 3 is 2.35 bits per heavy atom. The topological polar surface area (TPSA) is 38.5 Å². The predicted octanol–water partition coefficient (Wildman–Crippen LogP) is 2.64. The van der Waals surface area contributed by atoms with E-state index in [1.807, 2.05) is 6.92 Å². The summed E-state index contributed by atoms with van der Waals surface area (Å²) in [6, 6.07) is 0. The molecular formula is C14H32N2O. The molecule has 2 N–H and O–H groups in total. The van der Waals surface area contributed by atoms with Crippen LogP contribution in [0.25, 0.3) is 0 Å². The Morgan fingerprint density at radius 2 is 1.88 bits per heavy atom. The lowest BCUT2D eigenvalue weighted by Gasteiger charge is -2.40. The first-order valence-corrected chi connectivity index (χ1v) is 7.17. The van der Waals surface area contributed by atoms with Crippen LogP contribution in [0.3, 0.4) is 0 Å². The highest BCUT2D eigenvalue weighted by atomic mass is 16.5. The molecule has 3 nitrogen and oxygen atoms in total. The van der Waals surface area contributed by atoms with Crippen molar-refractivity contribution in [2.75, 3.05) is 32.8 Å². The first-order chi connectivity index (χ1) is 8.14. The molecule has 0 aromatic rings. The van der Waals surface area contributed by atoms with E-state index in [-0.39, 0.29) is 5.54 Å². The number of nitrogens with two attached hydrogens (primary N) is 1. The number of hydrogen-bond donors (Lipinski definition) is 1. The summed E-state index contributed by atoms with van der Waals surface area (Å²) in [5.41, 5.74) is 6.13. The minimum Gasteiger partial charge on any atom is -0.380 e. The maximum atomic E-state index is 5.99. The van der Waals surface area contributed by atoms with Crippen molar-refractivity contribution < 1.29 is 4.74 Å². The van der Waals surface area contributed by atoms with Crippen molar-refractivity contribution in [3.8, 4) is 0 Å². The third-order valence-electron chi connectivity index (χ3n) is 3.61. The highest BCUT2D eigenvalue weighted by Crippen LogP contribution is 2.21. The molecule has 0 aliphatic carbocycles. The van der Waals surface area contributed by atoms with Gasteiger partial charge in [-0.15, -0.1) is 0 Å². The molecule has 17 heavy (non-hydrogen) atoms. The smallest absolute Gasteiger partial charge is 0.0593 e. The average molecular weight is 244 g/mol. The zero-order valence-electron chi connectivity index (χ0n) is 12.3. The zero-order chi connectivity index (χ0) is 13.1. The van der Waals surface area contributed by atoms with Gasteiger partial charge in [-0.05, 0) is 26.8 Å². The average Bonchev–Trinajstić information content (AvgIpc) is 2.35. The number of rotatable bonds is 11. The molecule has 0 aliphatic rings. The third-order valence-corrected chi connectivity index (χ3v) is 3.61. The minimum atomic E-state index is 0.140. The van der Waals surface area contributed by atoms with Gasteiger partial charge in [-0.25, -0.2) is 0 Å². The van der Waals surface area contributed by atoms with Crippen molar-refractivity contribution in [2.45, 2.75) is 58.9 Å². The third kappa shape index (κ3) is 6.39. The summed E-state index contributed by atoms with van der Waals surface area (Å²) in [5, 5.41) is 0. The van der Waals surface area contributed by atoms with Gasteiger partial charge in [0.1, 0.15) is 0 Å². The molecule has 0 saturated carbocycles. The molecule has 0 amide bonds. The Labute approximate surface area is 108 Å². The van der Waals surface area contributed by atoms with Crippen LogP contribution >= 0.6 is 0 Å². The molecule has 3 heteroatoms. The second-order valence-corrected chi connectivity index (χ2v) is 4.93. The van der Waals surface area contributed by atoms with Gasteiger partial charge in [0.05, 0.1) is 6.61 Å². The van der Waals surface area contributed by atoms with E-state index in [1.54, 1.807) is 0 Å². The lowest BCUT2D eigenvalue weighted by molar-refractivity contribution is 0.0550. The van der Waals surface area contributed by atoms with Crippen molar-refractivity contribution in [2.24, 2.45) is 5.73 Å². The van der Waals surface area contributed by atoms with Crippen LogP contribution in [0.2, 0.25) is 0 Å². The molecule has 1 atom stereocenters. The van der Waals surface area contributed by atoms with Crippen LogP contribution in [0.5, 0.6) is 0 Å². The van der Waals surface area contributed by atoms with Crippen LogP contribution < -0.4 is 5.73 Å². The largest absolute Gasteiger partial charge is 0.380 e. The molecule has 0 fully saturated rings. The van der Waals surface area contributed by atoms with Crippen LogP contribution in [0.15, 0.2) is 0 Å². The Hall–Kier alpha value is -0.120. The van der Waals surface area contributed by atoms with E-state index >= 15 is 0 Å². The van der Waals surface area contributed by atoms with Crippen molar-refractivity contribution in [1.82, 2.24) is 4.90 Å². The molecule has 0 aromatic carbocycles. The molecular weight excluding hydrogens is 212 g/mol. The lowest BCUT2D eigenvalue weighted by atomic mass is 9.92. The molecule has 0 aliphatic heterocycles. The van der Waals surface area contributed by atoms with Crippen LogP contribution in [0, 0.1) is 0 Å². The van der Waals surface area contributed by atoms with E-state index in [0.717, 1.165) is 32.8 Å². The Morgan fingerprint density at radius 1 is 1.18 bits per heavy atom. The zero-order valence-corrected chi connectivity index (χ0v) is 12.3. The first-order valence-electron chi connectivity index (χ1n) is 7.17. The second kappa shape index (κ2) is 9.86. The fourth-order valence-electron chi connectivity index (χ4n) is 2.27. The van der Waals surface area contributed by atoms with Gasteiger partial charge in [-0.2, -0.15) is 0 Å². The molecule has 0 spiro atoms. The van der Waals surface area contributed by atoms with E-state index in [9.17, 15) is 0 Å². The summed E-state index contributed by atoms with van der Waals surface area (Å²) >= 11 is 0. The van der Waals surface area contributed by atoms with Crippen molar-refractivity contribution >= 4 is 0 Å². The molecule has 0 radical (unpaired) electrons. The summed E-state index contributed by atoms with van der Waals surface area (Å²) in [6.45, 7) is 13.2. The number of unbranched alkanes of at least 4 members (excludes halogenated alkanes) is 2. The van der Waals surface area contributed by atoms with Gasteiger partial charge < -0.3 is 10.5 Å². The maximum absolute atomic E-state index is 5.99. The van der Waals surface area contributed by atoms with Crippen LogP contribution in [0.1, 0.15) is 53.4 Å². The van der Waals surface area contributed by atoms with Gasteiger partial charge >= 0.3 is 0 Å². The fourth-order valence-corrected chi connectivity index (χ4v) is 2.27. The molecule has 0 aromatic heterocycles. The van der Waals surface area contributed by atoms with E-state index in [4.69, 9.17) is 10.5 Å². The molecule has 1 unspecified atom stereocenters. The normalized spacial score (nSPS) is 15.2. The number of ether oxygens (including phenoxy) is 1. The van der Waals surface area contributed by atoms with E-state index in [1.165, 1.54) is 25.7 Å². The number of likely N-dealkylation sites (N-methyl/N-ethyl adjacent to an activating group) is 1. The molecule has 0 heterocycles. The van der Waals surface area contributed by atoms with E-state index < -0.39 is 0 Å². The highest BCUT2D eigenvalue weighted by Gasteiger charge is 2.28. The monoisotopic (exact) mass is 244 g/mol. The summed E-state index contributed by atoms with van der Waals surface area (Å²) < 4.78 is 5.45. The Balaban J connectivity index is 4.22. The Bertz CT molecular complexity index is 176. The Kier molecular flexibility index (Phi) is 9.79. The summed E-state index contributed by atoms with van der Waals surface area (Å²) in [6.07, 6.45) is 5.04. The van der Waals surface area contributed by atoms with Gasteiger partial charge in [0.2, 0.25) is 0 Å². The SMILES string of the molecule is CCCCCC(C)(CN)N(CC)CCOCC. The first kappa shape index (κ1) is 16.9. The second-order valence-electron chi connectivity index (χ2n) is 4.93. The van der Waals surface area contributed by atoms with Crippen LogP contribution in [-0.2, 0) is 4.74 Å². The predicted molar refractivity (Wildman–Crippen MR) is 75.3 cm³/mol. The number of hydrogen-bond acceptors (Lipinski definition) is 3. The van der Waals surface area contributed by atoms with Crippen molar-refractivity contribution in [3.63, 3.8) is 0 Å². The summed E-state index contributed by atoms with van der Waals surface area (Å²) in [4.78, 5) is 2.47. The highest BCUT2D eigenvalue weighted by molar-refractivity contribution is 4.86. The van der Waals surface area contributed by atoms with Gasteiger partial charge in [0.15, 0.2) is 0 Å². The molecule has 0 bridgehead atoms. The number of nitrogens with zero attached hydrogens (tertiary/aromatic N) is 1. The van der Waals surface area contributed by atoms with Gasteiger partial charge in [0, 0.05) is 25.2 Å². The molecule has 104 valence electrons. The van der Waals surface area contributed by atoms with E-state index in [2.05, 4.69) is 25.7 Å². The standard InChI is InChI=1S/C14H32N2O/c1-5-8-9-10-14(4,13-15)16(6-2)11-12-17-7-3/h5-13,15H2,1-4H3. The van der Waals surface area contributed by atoms with Gasteiger partial charge in [-0.1, -0.05) is 33.1 Å². The summed E-state index contributed by atoms with van der Waals surface area (Å²) in [7, 11) is 0. The van der Waals surface area contributed by atoms with Crippen molar-refractivity contribution in [3.05, 3.63) is 0 Å². The van der Waals surface area contributed by atoms with Gasteiger partial charge in [-0.3, -0.25) is 4.90 Å². The van der Waals surface area contributed by atoms with Crippen LogP contribution in [-0.4, -0.2) is 43.3 Å². The van der Waals surface area contributed by atoms with E-state index in [0.29, 0.717) is 0 Å². The minimum absolute atomic E-state index is 0.140. The fraction of sp³-hybridized carbons (Fsp3) is 1.00. The molecule has 0 rings (SSSR count). The maximum Gasteiger partial charge on any atom is 0.0593 e. The van der Waals surface area contributed by atoms with Gasteiger partial charge in [0.25, 0.3) is 0 Å². The quantitative estimate of drug-likeness (QED) is 0.568. The lowest BCUT2D eigenvalue weighted by Crippen LogP contribution is -2.52. The van der Waals surface area contributed by atoms with Crippen LogP contribution in [0.4, 0.5) is 0 Å².